The monoisotopic (exact) mass is 1940 g/mol. The van der Waals surface area contributed by atoms with E-state index in [0.29, 0.717) is 228 Å². The van der Waals surface area contributed by atoms with Crippen molar-refractivity contribution in [3.8, 4) is 40.2 Å². The summed E-state index contributed by atoms with van der Waals surface area (Å²) >= 11 is 0. The average Bonchev–Trinajstić information content (AvgIpc) is 0.808. The van der Waals surface area contributed by atoms with Crippen molar-refractivity contribution in [1.29, 1.82) is 0 Å². The Hall–Kier alpha value is -14.5. The Bertz CT molecular complexity index is 5310. The lowest BCUT2D eigenvalue weighted by Gasteiger charge is -2.30. The Labute approximate surface area is 825 Å². The fourth-order valence-electron chi connectivity index (χ4n) is 12.0. The SMILES string of the molecule is C=C(C)C(=O)CCCOc1ccc(C(=O)C(=O)OC)cc1.C=C(C)C(=O)CCCOc1ccc(C(=O)C(C)(C)O)cc1.C=CC(=O)CCCOc1ccc(C(=O)C(=O)OC)cc1.C=CC(=O)CCCOc1ccc(C(=O)C(C)(C)O)cc1.C=CC(=O)CCCOc1ccc(C(=O)C(C)O)cc1.C=CC(=O)CCCOc1ccc(C(=O)C2(O)CCCCC2)cc1.C=CC(=O)CCCOc1ccc(C(C)=O)cc1. The van der Waals surface area contributed by atoms with Crippen molar-refractivity contribution in [3.63, 3.8) is 0 Å². The number of carbonyl (C=O) groups excluding carboxylic acids is 16. The first-order valence-corrected chi connectivity index (χ1v) is 45.9. The number of aliphatic hydroxyl groups excluding tert-OH is 1. The smallest absolute Gasteiger partial charge is 0.379 e. The summed E-state index contributed by atoms with van der Waals surface area (Å²) in [7, 11) is 2.31. The molecule has 0 radical (unpaired) electrons. The second-order valence-corrected chi connectivity index (χ2v) is 33.0. The van der Waals surface area contributed by atoms with Crippen molar-refractivity contribution >= 4 is 92.9 Å². The standard InChI is InChI=1S/C19H24O4.C17H22O4.C16H18O5.C16H20O4.C15H16O5.C15H18O4.C14H16O3/c1-2-16(20)7-6-14-23-17-10-8-15(9-11-17)18(21)19(22)12-4-3-5-13-19;1-12(2)15(18)6-5-11-21-14-9-7-13(8-10-14)16(19)17(3,4)20;1-11(2)14(17)5-4-10-21-13-8-6-12(7-9-13)15(18)16(19)20-3;1-4-13(17)6-5-11-20-14-9-7-12(8-10-14)15(18)16(2,3)19;1-3-12(16)5-4-10-20-13-8-6-11(7-9-13)14(17)15(18)19-2;1-3-13(17)5-4-10-19-14-8-6-12(7-9-14)15(18)11(2)16;1-3-13(16)5-4-10-17-14-8-6-12(7-9-14)11(2)15/h2,8-11,22H,1,3-7,12-14H2;7-10,20H,1,5-6,11H2,2-4H3;6-9H,1,4-5,10H2,2-3H3;4,7-10,19H,1,5-6,11H2,2-3H3;3,6-9H,1,4-5,10H2,2H3;3,6-9,11,16H,1,4-5,10H2,2H3;3,6-9H,1,4-5,10H2,2H3. The lowest BCUT2D eigenvalue weighted by molar-refractivity contribution is -0.135. The minimum Gasteiger partial charge on any atom is -0.494 e. The van der Waals surface area contributed by atoms with Gasteiger partial charge in [0, 0.05) is 83.9 Å². The van der Waals surface area contributed by atoms with Gasteiger partial charge in [0.05, 0.1) is 60.5 Å². The van der Waals surface area contributed by atoms with E-state index in [9.17, 15) is 97.1 Å². The molecule has 1 aliphatic rings. The molecule has 0 aromatic heterocycles. The molecule has 0 aliphatic heterocycles. The van der Waals surface area contributed by atoms with Crippen LogP contribution >= 0.6 is 0 Å². The Morgan fingerprint density at radius 3 is 0.752 bits per heavy atom. The molecule has 29 nitrogen and oxygen atoms in total. The largest absolute Gasteiger partial charge is 0.494 e. The molecule has 7 aromatic rings. The van der Waals surface area contributed by atoms with Crippen LogP contribution in [0.25, 0.3) is 0 Å². The lowest BCUT2D eigenvalue weighted by Crippen LogP contribution is -2.40. The van der Waals surface area contributed by atoms with Crippen molar-refractivity contribution in [1.82, 2.24) is 0 Å². The van der Waals surface area contributed by atoms with Gasteiger partial charge in [-0.05, 0) is 325 Å². The molecule has 8 rings (SSSR count). The minimum absolute atomic E-state index is 0.000258. The highest BCUT2D eigenvalue weighted by molar-refractivity contribution is 6.41. The van der Waals surface area contributed by atoms with Crippen molar-refractivity contribution in [2.75, 3.05) is 60.5 Å². The first-order valence-electron chi connectivity index (χ1n) is 45.9. The fourth-order valence-corrected chi connectivity index (χ4v) is 12.0. The first kappa shape index (κ1) is 123. The van der Waals surface area contributed by atoms with Crippen LogP contribution in [0.2, 0.25) is 0 Å². The van der Waals surface area contributed by atoms with Gasteiger partial charge in [0.2, 0.25) is 0 Å². The zero-order valence-electron chi connectivity index (χ0n) is 82.5. The average molecular weight is 1940 g/mol. The van der Waals surface area contributed by atoms with Crippen LogP contribution < -0.4 is 33.2 Å². The van der Waals surface area contributed by atoms with Crippen LogP contribution in [0.3, 0.4) is 0 Å². The molecule has 1 saturated carbocycles. The Morgan fingerprint density at radius 2 is 0.546 bits per heavy atom. The number of hydrogen-bond acceptors (Lipinski definition) is 29. The summed E-state index contributed by atoms with van der Waals surface area (Å²) in [5.74, 6) is 0.142. The van der Waals surface area contributed by atoms with Crippen molar-refractivity contribution in [3.05, 3.63) is 296 Å². The van der Waals surface area contributed by atoms with Crippen LogP contribution in [0, 0.1) is 0 Å². The summed E-state index contributed by atoms with van der Waals surface area (Å²) in [6.07, 6.45) is 16.7. The van der Waals surface area contributed by atoms with E-state index in [0.717, 1.165) is 33.5 Å². The molecule has 756 valence electrons. The quantitative estimate of drug-likeness (QED) is 0.00904. The van der Waals surface area contributed by atoms with Gasteiger partial charge in [0.15, 0.2) is 69.4 Å². The number of ether oxygens (including phenoxy) is 9. The normalized spacial score (nSPS) is 11.5. The summed E-state index contributed by atoms with van der Waals surface area (Å²) < 4.78 is 46.9. The van der Waals surface area contributed by atoms with Crippen LogP contribution in [-0.2, 0) is 52.6 Å². The molecule has 7 aromatic carbocycles. The Balaban J connectivity index is 0.000000557. The molecule has 1 unspecified atom stereocenters. The predicted octanol–water partition coefficient (Wildman–Crippen LogP) is 18.2. The molecule has 0 saturated heterocycles. The molecule has 4 N–H and O–H groups in total. The van der Waals surface area contributed by atoms with Gasteiger partial charge in [0.25, 0.3) is 11.6 Å². The third-order valence-corrected chi connectivity index (χ3v) is 20.2. The number of allylic oxidation sites excluding steroid dienone is 7. The van der Waals surface area contributed by atoms with Gasteiger partial charge in [0.1, 0.15) is 63.2 Å². The second kappa shape index (κ2) is 66.9. The van der Waals surface area contributed by atoms with Crippen LogP contribution in [0.4, 0.5) is 0 Å². The van der Waals surface area contributed by atoms with Crippen molar-refractivity contribution in [2.45, 2.75) is 200 Å². The van der Waals surface area contributed by atoms with Crippen LogP contribution in [0.1, 0.15) is 250 Å². The number of methoxy groups -OCH3 is 2. The van der Waals surface area contributed by atoms with E-state index in [1.54, 1.807) is 159 Å². The molecular formula is C112H134O29. The van der Waals surface area contributed by atoms with E-state index in [1.165, 1.54) is 96.2 Å². The van der Waals surface area contributed by atoms with E-state index in [4.69, 9.17) is 33.2 Å². The Kier molecular flexibility index (Phi) is 58.1. The van der Waals surface area contributed by atoms with Crippen molar-refractivity contribution < 1.29 is 140 Å². The number of benzene rings is 7. The molecule has 0 bridgehead atoms. The molecule has 0 amide bonds. The molecule has 1 aliphatic carbocycles. The minimum atomic E-state index is -1.38. The van der Waals surface area contributed by atoms with E-state index in [-0.39, 0.29) is 80.5 Å². The molecule has 0 spiro atoms. The highest BCUT2D eigenvalue weighted by atomic mass is 16.5. The number of esters is 2. The van der Waals surface area contributed by atoms with E-state index in [1.807, 2.05) is 0 Å². The number of ketones is 14. The molecule has 1 atom stereocenters. The van der Waals surface area contributed by atoms with Gasteiger partial charge in [-0.25, -0.2) is 9.59 Å². The van der Waals surface area contributed by atoms with Gasteiger partial charge in [-0.2, -0.15) is 0 Å². The predicted molar refractivity (Wildman–Crippen MR) is 536 cm³/mol. The van der Waals surface area contributed by atoms with Crippen LogP contribution in [0.5, 0.6) is 40.2 Å². The van der Waals surface area contributed by atoms with E-state index in [2.05, 4.69) is 55.5 Å². The van der Waals surface area contributed by atoms with Gasteiger partial charge >= 0.3 is 11.9 Å². The molecule has 29 heteroatoms. The number of Topliss-reactive ketones (excluding diaryl/α,β-unsaturated/α-hetero) is 9. The zero-order chi connectivity index (χ0) is 106. The molecule has 0 heterocycles. The summed E-state index contributed by atoms with van der Waals surface area (Å²) in [4.78, 5) is 181. The fraction of sp³-hybridized carbons (Fsp3) is 0.357. The van der Waals surface area contributed by atoms with Gasteiger partial charge in [-0.1, -0.05) is 65.3 Å². The Morgan fingerprint density at radius 1 is 0.333 bits per heavy atom. The third-order valence-electron chi connectivity index (χ3n) is 20.2. The van der Waals surface area contributed by atoms with Crippen LogP contribution in [0.15, 0.2) is 257 Å². The maximum Gasteiger partial charge on any atom is 0.379 e. The maximum absolute atomic E-state index is 12.5. The maximum atomic E-state index is 12.5. The van der Waals surface area contributed by atoms with E-state index < -0.39 is 46.4 Å². The van der Waals surface area contributed by atoms with Crippen molar-refractivity contribution in [2.24, 2.45) is 0 Å². The van der Waals surface area contributed by atoms with Gasteiger partial charge in [-0.15, -0.1) is 0 Å². The van der Waals surface area contributed by atoms with Gasteiger partial charge in [-0.3, -0.25) is 67.1 Å². The highest BCUT2D eigenvalue weighted by Crippen LogP contribution is 2.32. The van der Waals surface area contributed by atoms with E-state index >= 15 is 0 Å². The third kappa shape index (κ3) is 50.6. The topological polar surface area (TPSA) is 437 Å². The number of carbonyl (C=O) groups is 16. The molecular weight excluding hydrogens is 1810 g/mol. The summed E-state index contributed by atoms with van der Waals surface area (Å²) in [6.45, 7) is 39.3. The zero-order valence-corrected chi connectivity index (χ0v) is 82.5. The lowest BCUT2D eigenvalue weighted by atomic mass is 9.79. The second-order valence-electron chi connectivity index (χ2n) is 33.0. The number of aliphatic hydroxyl groups is 4. The highest BCUT2D eigenvalue weighted by Gasteiger charge is 2.38. The number of rotatable bonds is 55. The summed E-state index contributed by atoms with van der Waals surface area (Å²) in [6, 6.07) is 45.9. The van der Waals surface area contributed by atoms with Gasteiger partial charge < -0.3 is 63.1 Å². The first-order chi connectivity index (χ1) is 66.8. The van der Waals surface area contributed by atoms with Crippen LogP contribution in [-0.4, -0.2) is 197 Å². The summed E-state index contributed by atoms with van der Waals surface area (Å²) in [5.41, 5.74) is 0.124. The molecule has 1 fully saturated rings. The molecule has 141 heavy (non-hydrogen) atoms. The number of hydrogen-bond donors (Lipinski definition) is 4. The summed E-state index contributed by atoms with van der Waals surface area (Å²) in [5, 5.41) is 39.0.